The molecule has 1 fully saturated rings. The average molecular weight is 212 g/mol. The van der Waals surface area contributed by atoms with E-state index in [4.69, 9.17) is 5.73 Å². The Kier molecular flexibility index (Phi) is 4.14. The smallest absolute Gasteiger partial charge is 0.223 e. The van der Waals surface area contributed by atoms with E-state index in [2.05, 4.69) is 20.8 Å². The predicted molar refractivity (Wildman–Crippen MR) is 62.5 cm³/mol. The maximum Gasteiger partial charge on any atom is 0.223 e. The van der Waals surface area contributed by atoms with Crippen LogP contribution >= 0.6 is 0 Å². The lowest BCUT2D eigenvalue weighted by Crippen LogP contribution is -2.42. The number of carbonyl (C=O) groups excluding carboxylic acids is 1. The van der Waals surface area contributed by atoms with Gasteiger partial charge in [-0.2, -0.15) is 0 Å². The molecule has 1 heterocycles. The van der Waals surface area contributed by atoms with Crippen molar-refractivity contribution < 1.29 is 4.79 Å². The molecule has 2 N–H and O–H groups in total. The van der Waals surface area contributed by atoms with Crippen LogP contribution in [0.1, 0.15) is 46.5 Å². The Labute approximate surface area is 93.0 Å². The molecular weight excluding hydrogens is 188 g/mol. The maximum atomic E-state index is 12.0. The minimum Gasteiger partial charge on any atom is -0.338 e. The Morgan fingerprint density at radius 3 is 2.67 bits per heavy atom. The topological polar surface area (TPSA) is 46.3 Å². The number of hydrogen-bond donors (Lipinski definition) is 1. The molecule has 3 heteroatoms. The van der Waals surface area contributed by atoms with Crippen LogP contribution in [0.4, 0.5) is 0 Å². The van der Waals surface area contributed by atoms with E-state index in [0.717, 1.165) is 25.8 Å². The first-order valence-corrected chi connectivity index (χ1v) is 5.98. The maximum absolute atomic E-state index is 12.0. The summed E-state index contributed by atoms with van der Waals surface area (Å²) >= 11 is 0. The van der Waals surface area contributed by atoms with Gasteiger partial charge in [0.2, 0.25) is 5.91 Å². The molecule has 1 aliphatic rings. The summed E-state index contributed by atoms with van der Waals surface area (Å²) in [5.41, 5.74) is 5.61. The van der Waals surface area contributed by atoms with Crippen LogP contribution in [0.5, 0.6) is 0 Å². The molecule has 1 saturated heterocycles. The number of amides is 1. The summed E-state index contributed by atoms with van der Waals surface area (Å²) in [5.74, 6) is 0.762. The fourth-order valence-electron chi connectivity index (χ4n) is 2.19. The van der Waals surface area contributed by atoms with E-state index in [0.29, 0.717) is 24.8 Å². The standard InChI is InChI=1S/C12H24N2O/c1-10(9-13)5-6-11(15)14-8-4-7-12(14,2)3/h10H,4-9,13H2,1-3H3. The van der Waals surface area contributed by atoms with Crippen LogP contribution in [0.2, 0.25) is 0 Å². The molecule has 0 aromatic carbocycles. The molecule has 0 radical (unpaired) electrons. The quantitative estimate of drug-likeness (QED) is 0.772. The molecule has 1 rings (SSSR count). The third-order valence-corrected chi connectivity index (χ3v) is 3.46. The van der Waals surface area contributed by atoms with Crippen molar-refractivity contribution >= 4 is 5.91 Å². The predicted octanol–water partition coefficient (Wildman–Crippen LogP) is 1.76. The van der Waals surface area contributed by atoms with Crippen LogP contribution < -0.4 is 5.73 Å². The molecule has 0 bridgehead atoms. The van der Waals surface area contributed by atoms with Gasteiger partial charge in [-0.15, -0.1) is 0 Å². The molecular formula is C12H24N2O. The molecule has 0 aromatic heterocycles. The van der Waals surface area contributed by atoms with Gasteiger partial charge in [-0.1, -0.05) is 6.92 Å². The second-order valence-electron chi connectivity index (χ2n) is 5.34. The largest absolute Gasteiger partial charge is 0.338 e. The normalized spacial score (nSPS) is 21.7. The summed E-state index contributed by atoms with van der Waals surface area (Å²) in [6.45, 7) is 8.02. The van der Waals surface area contributed by atoms with E-state index in [1.165, 1.54) is 0 Å². The number of carbonyl (C=O) groups is 1. The van der Waals surface area contributed by atoms with E-state index in [9.17, 15) is 4.79 Å². The van der Waals surface area contributed by atoms with E-state index in [-0.39, 0.29) is 5.54 Å². The summed E-state index contributed by atoms with van der Waals surface area (Å²) in [7, 11) is 0. The molecule has 1 aliphatic heterocycles. The second kappa shape index (κ2) is 4.97. The number of rotatable bonds is 4. The van der Waals surface area contributed by atoms with Crippen molar-refractivity contribution in [2.45, 2.75) is 52.0 Å². The molecule has 88 valence electrons. The van der Waals surface area contributed by atoms with Crippen LogP contribution in [-0.2, 0) is 4.79 Å². The molecule has 0 aromatic rings. The lowest BCUT2D eigenvalue weighted by molar-refractivity contribution is -0.134. The van der Waals surface area contributed by atoms with Crippen molar-refractivity contribution in [1.82, 2.24) is 4.90 Å². The lowest BCUT2D eigenvalue weighted by Gasteiger charge is -2.32. The highest BCUT2D eigenvalue weighted by Gasteiger charge is 2.34. The van der Waals surface area contributed by atoms with Crippen molar-refractivity contribution in [2.75, 3.05) is 13.1 Å². The van der Waals surface area contributed by atoms with Gasteiger partial charge >= 0.3 is 0 Å². The summed E-state index contributed by atoms with van der Waals surface area (Å²) in [6, 6.07) is 0. The first kappa shape index (κ1) is 12.5. The molecule has 0 saturated carbocycles. The van der Waals surface area contributed by atoms with Gasteiger partial charge in [-0.05, 0) is 45.6 Å². The highest BCUT2D eigenvalue weighted by atomic mass is 16.2. The zero-order valence-corrected chi connectivity index (χ0v) is 10.3. The van der Waals surface area contributed by atoms with E-state index < -0.39 is 0 Å². The summed E-state index contributed by atoms with van der Waals surface area (Å²) in [6.07, 6.45) is 3.85. The zero-order valence-electron chi connectivity index (χ0n) is 10.3. The Hall–Kier alpha value is -0.570. The van der Waals surface area contributed by atoms with E-state index in [1.807, 2.05) is 4.90 Å². The van der Waals surface area contributed by atoms with Crippen molar-refractivity contribution in [3.05, 3.63) is 0 Å². The van der Waals surface area contributed by atoms with Crippen LogP contribution in [0.3, 0.4) is 0 Å². The minimum absolute atomic E-state index is 0.0725. The van der Waals surface area contributed by atoms with Crippen LogP contribution in [-0.4, -0.2) is 29.4 Å². The first-order valence-electron chi connectivity index (χ1n) is 5.98. The average Bonchev–Trinajstić information content (AvgIpc) is 2.53. The highest BCUT2D eigenvalue weighted by molar-refractivity contribution is 5.77. The zero-order chi connectivity index (χ0) is 11.5. The van der Waals surface area contributed by atoms with Gasteiger partial charge in [-0.25, -0.2) is 0 Å². The third kappa shape index (κ3) is 3.20. The van der Waals surface area contributed by atoms with Crippen LogP contribution in [0.15, 0.2) is 0 Å². The van der Waals surface area contributed by atoms with Gasteiger partial charge in [0.25, 0.3) is 0 Å². The van der Waals surface area contributed by atoms with Gasteiger partial charge in [0.1, 0.15) is 0 Å². The molecule has 1 amide bonds. The number of nitrogens with zero attached hydrogens (tertiary/aromatic N) is 1. The fourth-order valence-corrected chi connectivity index (χ4v) is 2.19. The first-order chi connectivity index (χ1) is 6.97. The summed E-state index contributed by atoms with van der Waals surface area (Å²) in [4.78, 5) is 14.0. The monoisotopic (exact) mass is 212 g/mol. The number of nitrogens with two attached hydrogens (primary N) is 1. The Morgan fingerprint density at radius 1 is 1.53 bits per heavy atom. The minimum atomic E-state index is 0.0725. The van der Waals surface area contributed by atoms with Gasteiger partial charge in [0, 0.05) is 18.5 Å². The molecule has 15 heavy (non-hydrogen) atoms. The van der Waals surface area contributed by atoms with Gasteiger partial charge in [-0.3, -0.25) is 4.79 Å². The Balaban J connectivity index is 2.40. The summed E-state index contributed by atoms with van der Waals surface area (Å²) in [5, 5.41) is 0. The lowest BCUT2D eigenvalue weighted by atomic mass is 10.0. The van der Waals surface area contributed by atoms with Crippen molar-refractivity contribution in [1.29, 1.82) is 0 Å². The molecule has 0 spiro atoms. The highest BCUT2D eigenvalue weighted by Crippen LogP contribution is 2.29. The van der Waals surface area contributed by atoms with E-state index >= 15 is 0 Å². The third-order valence-electron chi connectivity index (χ3n) is 3.46. The van der Waals surface area contributed by atoms with Crippen molar-refractivity contribution in [3.8, 4) is 0 Å². The molecule has 3 nitrogen and oxygen atoms in total. The Morgan fingerprint density at radius 2 is 2.20 bits per heavy atom. The molecule has 1 atom stereocenters. The van der Waals surface area contributed by atoms with Crippen molar-refractivity contribution in [2.24, 2.45) is 11.7 Å². The van der Waals surface area contributed by atoms with Crippen LogP contribution in [0, 0.1) is 5.92 Å². The van der Waals surface area contributed by atoms with Crippen LogP contribution in [0.25, 0.3) is 0 Å². The fraction of sp³-hybridized carbons (Fsp3) is 0.917. The molecule has 1 unspecified atom stereocenters. The number of hydrogen-bond acceptors (Lipinski definition) is 2. The summed E-state index contributed by atoms with van der Waals surface area (Å²) < 4.78 is 0. The Bertz CT molecular complexity index is 226. The SMILES string of the molecule is CC(CN)CCC(=O)N1CCCC1(C)C. The number of likely N-dealkylation sites (tertiary alicyclic amines) is 1. The van der Waals surface area contributed by atoms with Gasteiger partial charge in [0.15, 0.2) is 0 Å². The van der Waals surface area contributed by atoms with Gasteiger partial charge in [0.05, 0.1) is 0 Å². The van der Waals surface area contributed by atoms with Crippen molar-refractivity contribution in [3.63, 3.8) is 0 Å². The molecule has 0 aliphatic carbocycles. The van der Waals surface area contributed by atoms with E-state index in [1.54, 1.807) is 0 Å². The second-order valence-corrected chi connectivity index (χ2v) is 5.34. The van der Waals surface area contributed by atoms with Gasteiger partial charge < -0.3 is 10.6 Å².